The largest absolute Gasteiger partial charge is 0.319 e. The van der Waals surface area contributed by atoms with E-state index in [-0.39, 0.29) is 5.91 Å². The van der Waals surface area contributed by atoms with Gasteiger partial charge in [-0.05, 0) is 45.4 Å². The van der Waals surface area contributed by atoms with Crippen molar-refractivity contribution < 1.29 is 4.79 Å². The monoisotopic (exact) mass is 451 g/mol. The summed E-state index contributed by atoms with van der Waals surface area (Å²) in [5.74, 6) is -0.187. The molecule has 4 aromatic rings. The van der Waals surface area contributed by atoms with E-state index in [0.717, 1.165) is 34.8 Å². The zero-order valence-electron chi connectivity index (χ0n) is 18.6. The second kappa shape index (κ2) is 9.00. The van der Waals surface area contributed by atoms with Gasteiger partial charge in [0.1, 0.15) is 0 Å². The number of nitrogens with zero attached hydrogens (tertiary/aromatic N) is 6. The molecule has 4 rings (SSSR count). The third kappa shape index (κ3) is 4.45. The number of benzene rings is 1. The lowest BCUT2D eigenvalue weighted by molar-refractivity contribution is 0.102. The summed E-state index contributed by atoms with van der Waals surface area (Å²) < 4.78 is 5.60. The van der Waals surface area contributed by atoms with Gasteiger partial charge in [0.15, 0.2) is 0 Å². The summed E-state index contributed by atoms with van der Waals surface area (Å²) in [6.07, 6.45) is 5.34. The lowest BCUT2D eigenvalue weighted by Crippen LogP contribution is -2.12. The van der Waals surface area contributed by atoms with Gasteiger partial charge in [-0.1, -0.05) is 23.7 Å². The third-order valence-electron chi connectivity index (χ3n) is 5.54. The van der Waals surface area contributed by atoms with E-state index < -0.39 is 0 Å². The van der Waals surface area contributed by atoms with Crippen molar-refractivity contribution in [2.24, 2.45) is 0 Å². The molecule has 32 heavy (non-hydrogen) atoms. The number of aromatic nitrogens is 6. The van der Waals surface area contributed by atoms with E-state index in [1.165, 1.54) is 0 Å². The minimum absolute atomic E-state index is 0.187. The Morgan fingerprint density at radius 2 is 1.88 bits per heavy atom. The van der Waals surface area contributed by atoms with E-state index in [2.05, 4.69) is 27.5 Å². The predicted octanol–water partition coefficient (Wildman–Crippen LogP) is 4.22. The average Bonchev–Trinajstić information content (AvgIpc) is 3.44. The Morgan fingerprint density at radius 3 is 2.56 bits per heavy atom. The van der Waals surface area contributed by atoms with Gasteiger partial charge in [-0.3, -0.25) is 18.8 Å². The van der Waals surface area contributed by atoms with Gasteiger partial charge in [0, 0.05) is 29.6 Å². The first-order chi connectivity index (χ1) is 15.4. The van der Waals surface area contributed by atoms with Gasteiger partial charge in [-0.15, -0.1) is 0 Å². The van der Waals surface area contributed by atoms with E-state index >= 15 is 0 Å². The van der Waals surface area contributed by atoms with Crippen LogP contribution in [-0.2, 0) is 19.6 Å². The number of rotatable bonds is 7. The maximum atomic E-state index is 12.8. The smallest absolute Gasteiger partial charge is 0.255 e. The Kier molecular flexibility index (Phi) is 6.14. The van der Waals surface area contributed by atoms with E-state index in [1.807, 2.05) is 60.7 Å². The Labute approximate surface area is 191 Å². The van der Waals surface area contributed by atoms with Crippen LogP contribution in [0.15, 0.2) is 42.9 Å². The molecule has 0 aliphatic rings. The summed E-state index contributed by atoms with van der Waals surface area (Å²) in [5, 5.41) is 16.8. The van der Waals surface area contributed by atoms with Crippen LogP contribution in [0, 0.1) is 20.8 Å². The number of carbonyl (C=O) groups excluding carboxylic acids is 1. The number of hydrogen-bond acceptors (Lipinski definition) is 4. The first-order valence-corrected chi connectivity index (χ1v) is 10.9. The summed E-state index contributed by atoms with van der Waals surface area (Å²) in [6.45, 7) is 9.90. The molecule has 166 valence electrons. The molecule has 1 amide bonds. The van der Waals surface area contributed by atoms with Crippen LogP contribution >= 0.6 is 11.6 Å². The molecule has 0 bridgehead atoms. The van der Waals surface area contributed by atoms with Crippen molar-refractivity contribution in [2.45, 2.75) is 47.3 Å². The van der Waals surface area contributed by atoms with Crippen molar-refractivity contribution in [1.29, 1.82) is 0 Å². The summed E-state index contributed by atoms with van der Waals surface area (Å²) >= 11 is 6.25. The fraction of sp³-hybridized carbons (Fsp3) is 0.304. The zero-order chi connectivity index (χ0) is 22.8. The Bertz CT molecular complexity index is 1270. The van der Waals surface area contributed by atoms with Gasteiger partial charge in [0.05, 0.1) is 47.6 Å². The first-order valence-electron chi connectivity index (χ1n) is 10.5. The molecule has 0 atom stereocenters. The Balaban J connectivity index is 1.43. The molecule has 9 heteroatoms. The molecular formula is C23H26ClN7O. The van der Waals surface area contributed by atoms with Crippen molar-refractivity contribution in [3.05, 3.63) is 81.7 Å². The molecule has 1 aromatic carbocycles. The van der Waals surface area contributed by atoms with E-state index in [9.17, 15) is 4.79 Å². The van der Waals surface area contributed by atoms with Gasteiger partial charge < -0.3 is 5.32 Å². The highest BCUT2D eigenvalue weighted by Crippen LogP contribution is 2.20. The molecule has 0 unspecified atom stereocenters. The summed E-state index contributed by atoms with van der Waals surface area (Å²) in [5.41, 5.74) is 6.12. The van der Waals surface area contributed by atoms with Gasteiger partial charge in [0.25, 0.3) is 5.91 Å². The van der Waals surface area contributed by atoms with Gasteiger partial charge in [-0.2, -0.15) is 15.3 Å². The Hall–Kier alpha value is -3.39. The number of amides is 1. The molecule has 0 saturated heterocycles. The summed E-state index contributed by atoms with van der Waals surface area (Å²) in [7, 11) is 0. The Morgan fingerprint density at radius 1 is 1.06 bits per heavy atom. The molecule has 8 nitrogen and oxygen atoms in total. The second-order valence-corrected chi connectivity index (χ2v) is 8.17. The van der Waals surface area contributed by atoms with E-state index in [4.69, 9.17) is 11.6 Å². The molecule has 1 N–H and O–H groups in total. The molecule has 0 fully saturated rings. The van der Waals surface area contributed by atoms with Crippen molar-refractivity contribution in [2.75, 3.05) is 5.32 Å². The van der Waals surface area contributed by atoms with Gasteiger partial charge in [-0.25, -0.2) is 0 Å². The standard InChI is InChI=1S/C23H26ClN7O/c1-5-30-16(3)20(10-26-30)13-29-14-21(11-25-29)27-23(32)19-8-6-7-18(9-19)12-31-17(4)22(24)15(2)28-31/h6-11,14H,5,12-13H2,1-4H3,(H,27,32). The second-order valence-electron chi connectivity index (χ2n) is 7.79. The number of carbonyl (C=O) groups is 1. The van der Waals surface area contributed by atoms with E-state index in [1.54, 1.807) is 16.9 Å². The highest BCUT2D eigenvalue weighted by atomic mass is 35.5. The highest BCUT2D eigenvalue weighted by molar-refractivity contribution is 6.31. The fourth-order valence-corrected chi connectivity index (χ4v) is 3.80. The summed E-state index contributed by atoms with van der Waals surface area (Å²) in [6, 6.07) is 7.50. The minimum Gasteiger partial charge on any atom is -0.319 e. The summed E-state index contributed by atoms with van der Waals surface area (Å²) in [4.78, 5) is 12.8. The van der Waals surface area contributed by atoms with Crippen molar-refractivity contribution >= 4 is 23.2 Å². The number of halogens is 1. The number of anilines is 1. The number of aryl methyl sites for hydroxylation is 2. The zero-order valence-corrected chi connectivity index (χ0v) is 19.4. The van der Waals surface area contributed by atoms with Crippen LogP contribution in [0.1, 0.15) is 45.5 Å². The fourth-order valence-electron chi connectivity index (χ4n) is 3.66. The van der Waals surface area contributed by atoms with Crippen molar-refractivity contribution in [3.8, 4) is 0 Å². The van der Waals surface area contributed by atoms with Crippen LogP contribution in [-0.4, -0.2) is 35.2 Å². The lowest BCUT2D eigenvalue weighted by atomic mass is 10.1. The third-order valence-corrected chi connectivity index (χ3v) is 6.09. The molecule has 0 radical (unpaired) electrons. The van der Waals surface area contributed by atoms with Crippen LogP contribution in [0.25, 0.3) is 0 Å². The van der Waals surface area contributed by atoms with Crippen LogP contribution in [0.3, 0.4) is 0 Å². The molecule has 3 aromatic heterocycles. The quantitative estimate of drug-likeness (QED) is 0.456. The number of nitrogens with one attached hydrogen (secondary N) is 1. The molecule has 0 aliphatic carbocycles. The van der Waals surface area contributed by atoms with Gasteiger partial charge in [0.2, 0.25) is 0 Å². The molecule has 0 spiro atoms. The normalized spacial score (nSPS) is 11.2. The predicted molar refractivity (Wildman–Crippen MR) is 124 cm³/mol. The van der Waals surface area contributed by atoms with E-state index in [0.29, 0.717) is 29.4 Å². The van der Waals surface area contributed by atoms with Crippen molar-refractivity contribution in [3.63, 3.8) is 0 Å². The highest BCUT2D eigenvalue weighted by Gasteiger charge is 2.13. The molecule has 0 aliphatic heterocycles. The average molecular weight is 452 g/mol. The van der Waals surface area contributed by atoms with Crippen LogP contribution in [0.2, 0.25) is 5.02 Å². The SMILES string of the molecule is CCn1ncc(Cn2cc(NC(=O)c3cccc(Cn4nc(C)c(Cl)c4C)c3)cn2)c1C. The minimum atomic E-state index is -0.187. The molecule has 0 saturated carbocycles. The lowest BCUT2D eigenvalue weighted by Gasteiger charge is -2.08. The topological polar surface area (TPSA) is 82.6 Å². The van der Waals surface area contributed by atoms with Gasteiger partial charge >= 0.3 is 0 Å². The van der Waals surface area contributed by atoms with Crippen LogP contribution < -0.4 is 5.32 Å². The maximum absolute atomic E-state index is 12.8. The number of hydrogen-bond donors (Lipinski definition) is 1. The van der Waals surface area contributed by atoms with Crippen LogP contribution in [0.5, 0.6) is 0 Å². The molecule has 3 heterocycles. The van der Waals surface area contributed by atoms with Crippen LogP contribution in [0.4, 0.5) is 5.69 Å². The van der Waals surface area contributed by atoms with Crippen molar-refractivity contribution in [1.82, 2.24) is 29.3 Å². The first kappa shape index (κ1) is 21.8. The molecular weight excluding hydrogens is 426 g/mol. The maximum Gasteiger partial charge on any atom is 0.255 e.